The Hall–Kier alpha value is -1.15. The van der Waals surface area contributed by atoms with Crippen LogP contribution in [0.25, 0.3) is 0 Å². The van der Waals surface area contributed by atoms with Crippen LogP contribution >= 0.6 is 0 Å². The molecule has 0 amide bonds. The molecule has 0 aromatic carbocycles. The van der Waals surface area contributed by atoms with E-state index in [1.165, 1.54) is 5.56 Å². The number of aryl methyl sites for hydroxylation is 1. The van der Waals surface area contributed by atoms with Crippen molar-refractivity contribution in [2.45, 2.75) is 19.9 Å². The van der Waals surface area contributed by atoms with Crippen LogP contribution in [0.15, 0.2) is 30.5 Å². The molecular weight excluding hydrogens is 160 g/mol. The lowest BCUT2D eigenvalue weighted by Crippen LogP contribution is -2.18. The van der Waals surface area contributed by atoms with Gasteiger partial charge in [-0.05, 0) is 38.6 Å². The number of hydrogen-bond acceptors (Lipinski definition) is 2. The molecule has 1 rings (SSSR count). The molecule has 0 bridgehead atoms. The Kier molecular flexibility index (Phi) is 3.20. The van der Waals surface area contributed by atoms with E-state index in [2.05, 4.69) is 29.9 Å². The minimum atomic E-state index is 0.167. The highest BCUT2D eigenvalue weighted by molar-refractivity contribution is 5.23. The van der Waals surface area contributed by atoms with Crippen LogP contribution in [-0.4, -0.2) is 12.0 Å². The molecule has 1 unspecified atom stereocenters. The minimum absolute atomic E-state index is 0.167. The van der Waals surface area contributed by atoms with Crippen molar-refractivity contribution in [1.29, 1.82) is 0 Å². The number of hydrogen-bond donors (Lipinski definition) is 1. The van der Waals surface area contributed by atoms with Crippen molar-refractivity contribution >= 4 is 0 Å². The van der Waals surface area contributed by atoms with Gasteiger partial charge in [0.15, 0.2) is 0 Å². The Morgan fingerprint density at radius 3 is 2.77 bits per heavy atom. The predicted octanol–water partition coefficient (Wildman–Crippen LogP) is 2.23. The first kappa shape index (κ1) is 9.93. The zero-order valence-corrected chi connectivity index (χ0v) is 8.46. The lowest BCUT2D eigenvalue weighted by Gasteiger charge is -2.15. The fraction of sp³-hybridized carbons (Fsp3) is 0.364. The summed E-state index contributed by atoms with van der Waals surface area (Å²) in [5.41, 5.74) is 3.35. The molecule has 1 heterocycles. The molecule has 0 aliphatic rings. The highest BCUT2D eigenvalue weighted by Crippen LogP contribution is 2.17. The fourth-order valence-corrected chi connectivity index (χ4v) is 1.36. The van der Waals surface area contributed by atoms with Crippen LogP contribution in [0.2, 0.25) is 0 Å². The molecule has 1 N–H and O–H groups in total. The van der Waals surface area contributed by atoms with Crippen molar-refractivity contribution in [2.24, 2.45) is 0 Å². The van der Waals surface area contributed by atoms with Gasteiger partial charge in [0.05, 0.1) is 11.7 Å². The smallest absolute Gasteiger partial charge is 0.0703 e. The van der Waals surface area contributed by atoms with Gasteiger partial charge in [-0.15, -0.1) is 0 Å². The van der Waals surface area contributed by atoms with Gasteiger partial charge in [0.1, 0.15) is 0 Å². The van der Waals surface area contributed by atoms with Crippen LogP contribution in [-0.2, 0) is 0 Å². The number of likely N-dealkylation sites (N-methyl/N-ethyl adjacent to an activating group) is 1. The third kappa shape index (κ3) is 2.39. The Labute approximate surface area is 79.7 Å². The molecule has 0 radical (unpaired) electrons. The van der Waals surface area contributed by atoms with E-state index in [1.807, 2.05) is 26.2 Å². The highest BCUT2D eigenvalue weighted by atomic mass is 14.9. The molecule has 2 nitrogen and oxygen atoms in total. The van der Waals surface area contributed by atoms with Crippen molar-refractivity contribution in [3.05, 3.63) is 41.7 Å². The molecule has 1 aromatic heterocycles. The van der Waals surface area contributed by atoms with Gasteiger partial charge in [-0.2, -0.15) is 0 Å². The van der Waals surface area contributed by atoms with Crippen molar-refractivity contribution < 1.29 is 0 Å². The quantitative estimate of drug-likeness (QED) is 0.714. The Bertz CT molecular complexity index is 305. The number of aromatic nitrogens is 1. The molecule has 0 aliphatic heterocycles. The zero-order valence-electron chi connectivity index (χ0n) is 8.46. The van der Waals surface area contributed by atoms with Crippen LogP contribution in [0, 0.1) is 6.92 Å². The van der Waals surface area contributed by atoms with Gasteiger partial charge >= 0.3 is 0 Å². The molecule has 13 heavy (non-hydrogen) atoms. The van der Waals surface area contributed by atoms with Gasteiger partial charge in [0.25, 0.3) is 0 Å². The van der Waals surface area contributed by atoms with Crippen LogP contribution in [0.1, 0.15) is 24.2 Å². The molecular formula is C11H16N2. The maximum Gasteiger partial charge on any atom is 0.0703 e. The van der Waals surface area contributed by atoms with Crippen molar-refractivity contribution in [3.63, 3.8) is 0 Å². The van der Waals surface area contributed by atoms with E-state index in [1.54, 1.807) is 0 Å². The van der Waals surface area contributed by atoms with E-state index in [4.69, 9.17) is 0 Å². The number of pyridine rings is 1. The predicted molar refractivity (Wildman–Crippen MR) is 55.6 cm³/mol. The van der Waals surface area contributed by atoms with E-state index >= 15 is 0 Å². The number of rotatable bonds is 3. The monoisotopic (exact) mass is 176 g/mol. The van der Waals surface area contributed by atoms with Gasteiger partial charge in [-0.1, -0.05) is 12.2 Å². The summed E-state index contributed by atoms with van der Waals surface area (Å²) in [5, 5.41) is 3.18. The van der Waals surface area contributed by atoms with Gasteiger partial charge in [-0.3, -0.25) is 4.98 Å². The Balaban J connectivity index is 2.98. The van der Waals surface area contributed by atoms with Crippen molar-refractivity contribution in [3.8, 4) is 0 Å². The van der Waals surface area contributed by atoms with E-state index in [0.717, 1.165) is 11.3 Å². The summed E-state index contributed by atoms with van der Waals surface area (Å²) in [6, 6.07) is 4.24. The van der Waals surface area contributed by atoms with E-state index < -0.39 is 0 Å². The second-order valence-corrected chi connectivity index (χ2v) is 3.33. The van der Waals surface area contributed by atoms with E-state index in [-0.39, 0.29) is 6.04 Å². The maximum absolute atomic E-state index is 4.31. The lowest BCUT2D eigenvalue weighted by molar-refractivity contribution is 0.659. The summed E-state index contributed by atoms with van der Waals surface area (Å²) in [7, 11) is 1.92. The summed E-state index contributed by atoms with van der Waals surface area (Å²) < 4.78 is 0. The molecule has 1 aromatic rings. The third-order valence-corrected chi connectivity index (χ3v) is 2.01. The van der Waals surface area contributed by atoms with Crippen molar-refractivity contribution in [2.75, 3.05) is 7.05 Å². The van der Waals surface area contributed by atoms with Gasteiger partial charge in [-0.25, -0.2) is 0 Å². The highest BCUT2D eigenvalue weighted by Gasteiger charge is 2.10. The first-order chi connectivity index (χ1) is 6.15. The Morgan fingerprint density at radius 2 is 2.31 bits per heavy atom. The molecule has 0 spiro atoms. The van der Waals surface area contributed by atoms with Crippen molar-refractivity contribution in [1.82, 2.24) is 10.3 Å². The largest absolute Gasteiger partial charge is 0.308 e. The normalized spacial score (nSPS) is 12.5. The van der Waals surface area contributed by atoms with Crippen LogP contribution < -0.4 is 5.32 Å². The second-order valence-electron chi connectivity index (χ2n) is 3.33. The first-order valence-corrected chi connectivity index (χ1v) is 4.40. The standard InChI is InChI=1S/C11H16N2/c1-8(2)11(12-4)10-7-9(3)5-6-13-10/h5-7,11-12H,1H2,2-4H3. The van der Waals surface area contributed by atoms with Crippen LogP contribution in [0.3, 0.4) is 0 Å². The van der Waals surface area contributed by atoms with Gasteiger partial charge < -0.3 is 5.32 Å². The maximum atomic E-state index is 4.31. The van der Waals surface area contributed by atoms with Crippen LogP contribution in [0.5, 0.6) is 0 Å². The average Bonchev–Trinajstić information content (AvgIpc) is 2.04. The third-order valence-electron chi connectivity index (χ3n) is 2.01. The lowest BCUT2D eigenvalue weighted by atomic mass is 10.1. The summed E-state index contributed by atoms with van der Waals surface area (Å²) in [5.74, 6) is 0. The fourth-order valence-electron chi connectivity index (χ4n) is 1.36. The summed E-state index contributed by atoms with van der Waals surface area (Å²) in [6.45, 7) is 8.00. The molecule has 1 atom stereocenters. The summed E-state index contributed by atoms with van der Waals surface area (Å²) in [4.78, 5) is 4.31. The summed E-state index contributed by atoms with van der Waals surface area (Å²) in [6.07, 6.45) is 1.83. The zero-order chi connectivity index (χ0) is 9.84. The molecule has 0 fully saturated rings. The summed E-state index contributed by atoms with van der Waals surface area (Å²) >= 11 is 0. The molecule has 0 saturated heterocycles. The molecule has 2 heteroatoms. The molecule has 70 valence electrons. The van der Waals surface area contributed by atoms with E-state index in [0.29, 0.717) is 0 Å². The SMILES string of the molecule is C=C(C)C(NC)c1cc(C)ccn1. The molecule has 0 aliphatic carbocycles. The average molecular weight is 176 g/mol. The van der Waals surface area contributed by atoms with Gasteiger partial charge in [0.2, 0.25) is 0 Å². The second kappa shape index (κ2) is 4.19. The Morgan fingerprint density at radius 1 is 1.62 bits per heavy atom. The van der Waals surface area contributed by atoms with E-state index in [9.17, 15) is 0 Å². The first-order valence-electron chi connectivity index (χ1n) is 4.40. The topological polar surface area (TPSA) is 24.9 Å². The molecule has 0 saturated carbocycles. The minimum Gasteiger partial charge on any atom is -0.308 e. The van der Waals surface area contributed by atoms with Gasteiger partial charge in [0, 0.05) is 6.20 Å². The van der Waals surface area contributed by atoms with Crippen LogP contribution in [0.4, 0.5) is 0 Å². The number of nitrogens with one attached hydrogen (secondary N) is 1. The number of nitrogens with zero attached hydrogens (tertiary/aromatic N) is 1.